The van der Waals surface area contributed by atoms with Crippen LogP contribution in [0.25, 0.3) is 0 Å². The van der Waals surface area contributed by atoms with Gasteiger partial charge in [0.2, 0.25) is 0 Å². The normalized spacial score (nSPS) is 20.6. The van der Waals surface area contributed by atoms with Crippen LogP contribution in [0.4, 0.5) is 5.69 Å². The highest BCUT2D eigenvalue weighted by Crippen LogP contribution is 2.45. The summed E-state index contributed by atoms with van der Waals surface area (Å²) in [7, 11) is 1.70. The molecule has 32 heavy (non-hydrogen) atoms. The largest absolute Gasteiger partial charge is 0.497 e. The van der Waals surface area contributed by atoms with Gasteiger partial charge in [-0.05, 0) is 81.9 Å². The number of methoxy groups -OCH3 is 1. The molecule has 3 unspecified atom stereocenters. The molecule has 0 saturated carbocycles. The van der Waals surface area contributed by atoms with E-state index in [0.717, 1.165) is 49.5 Å². The number of aliphatic hydroxyl groups is 1. The molecule has 0 bridgehead atoms. The summed E-state index contributed by atoms with van der Waals surface area (Å²) in [6.07, 6.45) is 4.94. The molecule has 1 fully saturated rings. The third-order valence-corrected chi connectivity index (χ3v) is 7.86. The second-order valence-electron chi connectivity index (χ2n) is 9.05. The molecule has 4 nitrogen and oxygen atoms in total. The van der Waals surface area contributed by atoms with Crippen molar-refractivity contribution in [1.29, 1.82) is 0 Å². The molecule has 2 aromatic rings. The van der Waals surface area contributed by atoms with Gasteiger partial charge in [-0.15, -0.1) is 18.3 Å². The van der Waals surface area contributed by atoms with Gasteiger partial charge in [0.25, 0.3) is 0 Å². The van der Waals surface area contributed by atoms with E-state index in [9.17, 15) is 5.11 Å². The zero-order valence-corrected chi connectivity index (χ0v) is 20.2. The molecule has 2 aliphatic heterocycles. The number of nitrogens with zero attached hydrogens (tertiary/aromatic N) is 2. The smallest absolute Gasteiger partial charge is 0.143 e. The first-order valence-corrected chi connectivity index (χ1v) is 12.8. The molecule has 5 heteroatoms. The molecule has 172 valence electrons. The summed E-state index contributed by atoms with van der Waals surface area (Å²) in [4.78, 5) is 6.05. The molecule has 3 atom stereocenters. The Bertz CT molecular complexity index is 895. The van der Waals surface area contributed by atoms with Gasteiger partial charge in [-0.25, -0.2) is 0 Å². The lowest BCUT2D eigenvalue weighted by molar-refractivity contribution is 0.0475. The maximum Gasteiger partial charge on any atom is 0.143 e. The van der Waals surface area contributed by atoms with Gasteiger partial charge in [-0.3, -0.25) is 4.90 Å². The molecule has 1 saturated heterocycles. The Kier molecular flexibility index (Phi) is 7.82. The molecule has 2 aromatic carbocycles. The Hall–Kier alpha value is -1.95. The van der Waals surface area contributed by atoms with Crippen LogP contribution in [-0.2, 0) is 0 Å². The molecule has 2 heterocycles. The van der Waals surface area contributed by atoms with Crippen LogP contribution in [0.1, 0.15) is 50.6 Å². The number of benzene rings is 2. The molecular weight excluding hydrogens is 416 g/mol. The van der Waals surface area contributed by atoms with Crippen molar-refractivity contribution in [3.8, 4) is 5.75 Å². The molecule has 0 radical (unpaired) electrons. The lowest BCUT2D eigenvalue weighted by atomic mass is 9.99. The quantitative estimate of drug-likeness (QED) is 0.481. The summed E-state index contributed by atoms with van der Waals surface area (Å²) in [5, 5.41) is 12.0. The van der Waals surface area contributed by atoms with Gasteiger partial charge in [0, 0.05) is 10.6 Å². The minimum atomic E-state index is -0.563. The van der Waals surface area contributed by atoms with Crippen LogP contribution in [0, 0.1) is 0 Å². The minimum Gasteiger partial charge on any atom is -0.497 e. The monoisotopic (exact) mass is 452 g/mol. The molecule has 0 aliphatic carbocycles. The van der Waals surface area contributed by atoms with Crippen LogP contribution in [-0.4, -0.2) is 48.2 Å². The highest BCUT2D eigenvalue weighted by molar-refractivity contribution is 7.99. The first kappa shape index (κ1) is 23.2. The van der Waals surface area contributed by atoms with Crippen molar-refractivity contribution in [2.75, 3.05) is 30.9 Å². The van der Waals surface area contributed by atoms with Crippen LogP contribution in [0.2, 0.25) is 0 Å². The third-order valence-electron chi connectivity index (χ3n) is 6.72. The van der Waals surface area contributed by atoms with Gasteiger partial charge in [-0.1, -0.05) is 29.8 Å². The van der Waals surface area contributed by atoms with E-state index < -0.39 is 6.23 Å². The van der Waals surface area contributed by atoms with Crippen LogP contribution >= 0.6 is 11.8 Å². The summed E-state index contributed by atoms with van der Waals surface area (Å²) in [5.74, 6) is 1.78. The number of anilines is 1. The van der Waals surface area contributed by atoms with Crippen molar-refractivity contribution in [1.82, 2.24) is 4.90 Å². The number of para-hydroxylation sites is 1. The first-order valence-electron chi connectivity index (χ1n) is 11.8. The third kappa shape index (κ3) is 5.16. The minimum absolute atomic E-state index is 0.113. The lowest BCUT2D eigenvalue weighted by Crippen LogP contribution is -2.53. The molecule has 4 rings (SSSR count). The summed E-state index contributed by atoms with van der Waals surface area (Å²) in [5.41, 5.74) is 3.57. The molecular formula is C27H36N2O2S. The van der Waals surface area contributed by atoms with E-state index in [-0.39, 0.29) is 12.1 Å². The van der Waals surface area contributed by atoms with Gasteiger partial charge in [0.05, 0.1) is 24.9 Å². The average Bonchev–Trinajstić information content (AvgIpc) is 3.35. The number of hydrogen-bond acceptors (Lipinski definition) is 5. The van der Waals surface area contributed by atoms with Crippen LogP contribution in [0.15, 0.2) is 65.6 Å². The highest BCUT2D eigenvalue weighted by Gasteiger charge is 2.38. The van der Waals surface area contributed by atoms with Crippen LogP contribution < -0.4 is 9.64 Å². The molecule has 0 spiro atoms. The number of ether oxygens (including phenoxy) is 1. The number of allylic oxidation sites excluding steroid dienone is 1. The van der Waals surface area contributed by atoms with E-state index in [1.807, 2.05) is 23.9 Å². The summed E-state index contributed by atoms with van der Waals surface area (Å²) in [6, 6.07) is 17.1. The SMILES string of the molecule is C=C(C)CCCC(C(O)N1c2ccccc2SCC1c1ccc(OC)cc1)N1CCCC1. The van der Waals surface area contributed by atoms with Crippen molar-refractivity contribution in [2.45, 2.75) is 62.2 Å². The Morgan fingerprint density at radius 1 is 1.16 bits per heavy atom. The van der Waals surface area contributed by atoms with Gasteiger partial charge < -0.3 is 14.7 Å². The van der Waals surface area contributed by atoms with Gasteiger partial charge >= 0.3 is 0 Å². The van der Waals surface area contributed by atoms with E-state index >= 15 is 0 Å². The standard InChI is InChI=1S/C27H36N2O2S/c1-20(2)9-8-11-24(28-17-6-7-18-28)27(30)29-23-10-4-5-12-26(23)32-19-25(29)21-13-15-22(31-3)16-14-21/h4-5,10,12-16,24-25,27,30H,1,6-9,11,17-19H2,2-3H3. The fourth-order valence-electron chi connectivity index (χ4n) is 5.01. The predicted octanol–water partition coefficient (Wildman–Crippen LogP) is 5.88. The second kappa shape index (κ2) is 10.8. The lowest BCUT2D eigenvalue weighted by Gasteiger charge is -2.46. The van der Waals surface area contributed by atoms with Gasteiger partial charge in [0.15, 0.2) is 0 Å². The number of fused-ring (bicyclic) bond motifs is 1. The van der Waals surface area contributed by atoms with E-state index in [1.165, 1.54) is 28.9 Å². The topological polar surface area (TPSA) is 35.9 Å². The van der Waals surface area contributed by atoms with Crippen molar-refractivity contribution in [2.24, 2.45) is 0 Å². The maximum atomic E-state index is 12.0. The Morgan fingerprint density at radius 3 is 2.56 bits per heavy atom. The van der Waals surface area contributed by atoms with Gasteiger partial charge in [-0.2, -0.15) is 0 Å². The first-order chi connectivity index (χ1) is 15.6. The summed E-state index contributed by atoms with van der Waals surface area (Å²) < 4.78 is 5.37. The molecule has 0 amide bonds. The number of aliphatic hydroxyl groups excluding tert-OH is 1. The Morgan fingerprint density at radius 2 is 1.88 bits per heavy atom. The Balaban J connectivity index is 1.67. The number of thioether (sulfide) groups is 1. The number of rotatable bonds is 9. The molecule has 2 aliphatic rings. The highest BCUT2D eigenvalue weighted by atomic mass is 32.2. The van der Waals surface area contributed by atoms with E-state index in [1.54, 1.807) is 7.11 Å². The van der Waals surface area contributed by atoms with E-state index in [4.69, 9.17) is 4.74 Å². The second-order valence-corrected chi connectivity index (χ2v) is 10.1. The summed E-state index contributed by atoms with van der Waals surface area (Å²) >= 11 is 1.88. The number of likely N-dealkylation sites (tertiary alicyclic amines) is 1. The van der Waals surface area contributed by atoms with Crippen molar-refractivity contribution < 1.29 is 9.84 Å². The van der Waals surface area contributed by atoms with Gasteiger partial charge in [0.1, 0.15) is 12.0 Å². The van der Waals surface area contributed by atoms with Crippen molar-refractivity contribution in [3.05, 3.63) is 66.2 Å². The van der Waals surface area contributed by atoms with E-state index in [2.05, 4.69) is 59.7 Å². The fraction of sp³-hybridized carbons (Fsp3) is 0.481. The predicted molar refractivity (Wildman–Crippen MR) is 135 cm³/mol. The number of hydrogen-bond donors (Lipinski definition) is 1. The van der Waals surface area contributed by atoms with Crippen LogP contribution in [0.5, 0.6) is 5.75 Å². The summed E-state index contributed by atoms with van der Waals surface area (Å²) in [6.45, 7) is 8.33. The van der Waals surface area contributed by atoms with E-state index in [0.29, 0.717) is 0 Å². The zero-order valence-electron chi connectivity index (χ0n) is 19.4. The Labute approximate surface area is 197 Å². The average molecular weight is 453 g/mol. The zero-order chi connectivity index (χ0) is 22.5. The van der Waals surface area contributed by atoms with Crippen molar-refractivity contribution >= 4 is 17.4 Å². The van der Waals surface area contributed by atoms with Crippen molar-refractivity contribution in [3.63, 3.8) is 0 Å². The fourth-order valence-corrected chi connectivity index (χ4v) is 6.20. The molecule has 0 aromatic heterocycles. The molecule has 1 N–H and O–H groups in total. The van der Waals surface area contributed by atoms with Crippen LogP contribution in [0.3, 0.4) is 0 Å². The maximum absolute atomic E-state index is 12.0.